The Morgan fingerprint density at radius 3 is 2.90 bits per heavy atom. The van der Waals surface area contributed by atoms with E-state index in [4.69, 9.17) is 4.74 Å². The summed E-state index contributed by atoms with van der Waals surface area (Å²) in [5, 5.41) is 5.01. The smallest absolute Gasteiger partial charge is 0.252 e. The lowest BCUT2D eigenvalue weighted by atomic mass is 10.2. The second-order valence-corrected chi connectivity index (χ2v) is 6.52. The highest BCUT2D eigenvalue weighted by molar-refractivity contribution is 7.98. The summed E-state index contributed by atoms with van der Waals surface area (Å²) in [6, 6.07) is 11.9. The second kappa shape index (κ2) is 8.87. The summed E-state index contributed by atoms with van der Waals surface area (Å²) in [5.74, 6) is 0.881. The summed E-state index contributed by atoms with van der Waals surface area (Å²) < 4.78 is 4.98. The predicted octanol–water partition coefficient (Wildman–Crippen LogP) is 3.81. The molecule has 0 aliphatic carbocycles. The van der Waals surface area contributed by atoms with E-state index in [1.165, 1.54) is 4.88 Å². The van der Waals surface area contributed by atoms with Crippen LogP contribution in [0.3, 0.4) is 0 Å². The van der Waals surface area contributed by atoms with Crippen molar-refractivity contribution in [2.24, 2.45) is 0 Å². The summed E-state index contributed by atoms with van der Waals surface area (Å²) in [4.78, 5) is 14.6. The van der Waals surface area contributed by atoms with Crippen LogP contribution in [0.5, 0.6) is 0 Å². The number of ether oxygens (including phenoxy) is 1. The van der Waals surface area contributed by atoms with Crippen LogP contribution in [0.4, 0.5) is 0 Å². The van der Waals surface area contributed by atoms with Crippen molar-refractivity contribution in [2.75, 3.05) is 20.3 Å². The first-order valence-electron chi connectivity index (χ1n) is 6.82. The number of amides is 1. The zero-order valence-corrected chi connectivity index (χ0v) is 13.6. The number of nitrogens with one attached hydrogen (secondary N) is 1. The summed E-state index contributed by atoms with van der Waals surface area (Å²) in [5.41, 5.74) is 0.747. The van der Waals surface area contributed by atoms with Gasteiger partial charge in [0.05, 0.1) is 5.56 Å². The van der Waals surface area contributed by atoms with Crippen molar-refractivity contribution in [1.82, 2.24) is 5.32 Å². The Morgan fingerprint density at radius 1 is 1.29 bits per heavy atom. The van der Waals surface area contributed by atoms with Gasteiger partial charge in [-0.05, 0) is 30.0 Å². The molecule has 5 heteroatoms. The summed E-state index contributed by atoms with van der Waals surface area (Å²) >= 11 is 3.44. The molecule has 2 aromatic rings. The second-order valence-electron chi connectivity index (χ2n) is 4.47. The molecule has 0 atom stereocenters. The molecule has 0 unspecified atom stereocenters. The molecule has 0 spiro atoms. The fourth-order valence-corrected chi connectivity index (χ4v) is 3.66. The van der Waals surface area contributed by atoms with Crippen LogP contribution in [-0.4, -0.2) is 26.2 Å². The molecule has 0 saturated heterocycles. The van der Waals surface area contributed by atoms with Crippen molar-refractivity contribution in [3.63, 3.8) is 0 Å². The predicted molar refractivity (Wildman–Crippen MR) is 89.1 cm³/mol. The van der Waals surface area contributed by atoms with Gasteiger partial charge in [0.1, 0.15) is 0 Å². The van der Waals surface area contributed by atoms with Crippen LogP contribution in [0.25, 0.3) is 0 Å². The van der Waals surface area contributed by atoms with Crippen molar-refractivity contribution in [2.45, 2.75) is 17.1 Å². The van der Waals surface area contributed by atoms with E-state index in [1.807, 2.05) is 24.3 Å². The molecule has 1 heterocycles. The van der Waals surface area contributed by atoms with Crippen LogP contribution in [0, 0.1) is 0 Å². The first-order chi connectivity index (χ1) is 10.3. The van der Waals surface area contributed by atoms with E-state index in [1.54, 1.807) is 30.2 Å². The average Bonchev–Trinajstić information content (AvgIpc) is 3.03. The van der Waals surface area contributed by atoms with Gasteiger partial charge in [0.25, 0.3) is 5.91 Å². The maximum atomic E-state index is 12.2. The average molecular weight is 321 g/mol. The Hall–Kier alpha value is -1.30. The van der Waals surface area contributed by atoms with Gasteiger partial charge in [-0.1, -0.05) is 18.2 Å². The third-order valence-electron chi connectivity index (χ3n) is 2.89. The molecule has 21 heavy (non-hydrogen) atoms. The van der Waals surface area contributed by atoms with Crippen LogP contribution in [-0.2, 0) is 10.5 Å². The van der Waals surface area contributed by atoms with Gasteiger partial charge in [-0.15, -0.1) is 23.1 Å². The molecule has 112 valence electrons. The molecule has 1 N–H and O–H groups in total. The first-order valence-corrected chi connectivity index (χ1v) is 8.69. The van der Waals surface area contributed by atoms with E-state index in [0.29, 0.717) is 13.2 Å². The van der Waals surface area contributed by atoms with Crippen LogP contribution < -0.4 is 5.32 Å². The number of methoxy groups -OCH3 is 1. The third-order valence-corrected chi connectivity index (χ3v) is 5.07. The number of carbonyl (C=O) groups is 1. The number of hydrogen-bond donors (Lipinski definition) is 1. The van der Waals surface area contributed by atoms with Crippen LogP contribution >= 0.6 is 23.1 Å². The Labute approximate surface area is 133 Å². The van der Waals surface area contributed by atoms with E-state index in [9.17, 15) is 4.79 Å². The minimum Gasteiger partial charge on any atom is -0.385 e. The Kier molecular flexibility index (Phi) is 6.79. The number of hydrogen-bond acceptors (Lipinski definition) is 4. The Balaban J connectivity index is 1.94. The molecule has 0 fully saturated rings. The highest BCUT2D eigenvalue weighted by atomic mass is 32.2. The highest BCUT2D eigenvalue weighted by Crippen LogP contribution is 2.27. The molecule has 0 aliphatic heterocycles. The van der Waals surface area contributed by atoms with Crippen LogP contribution in [0.1, 0.15) is 21.7 Å². The van der Waals surface area contributed by atoms with Gasteiger partial charge in [-0.3, -0.25) is 4.79 Å². The Bertz CT molecular complexity index is 555. The molecule has 1 aromatic carbocycles. The fraction of sp³-hybridized carbons (Fsp3) is 0.312. The van der Waals surface area contributed by atoms with Gasteiger partial charge in [-0.2, -0.15) is 0 Å². The minimum absolute atomic E-state index is 0.0135. The number of benzene rings is 1. The molecular formula is C16H19NO2S2. The number of thiophene rings is 1. The summed E-state index contributed by atoms with van der Waals surface area (Å²) in [6.07, 6.45) is 0.826. The largest absolute Gasteiger partial charge is 0.385 e. The highest BCUT2D eigenvalue weighted by Gasteiger charge is 2.11. The summed E-state index contributed by atoms with van der Waals surface area (Å²) in [6.45, 7) is 1.30. The van der Waals surface area contributed by atoms with Crippen molar-refractivity contribution in [3.05, 3.63) is 52.2 Å². The molecule has 2 rings (SSSR count). The van der Waals surface area contributed by atoms with E-state index in [-0.39, 0.29) is 5.91 Å². The molecule has 3 nitrogen and oxygen atoms in total. The quantitative estimate of drug-likeness (QED) is 0.593. The van der Waals surface area contributed by atoms with Gasteiger partial charge >= 0.3 is 0 Å². The Morgan fingerprint density at radius 2 is 2.14 bits per heavy atom. The van der Waals surface area contributed by atoms with E-state index in [0.717, 1.165) is 22.6 Å². The lowest BCUT2D eigenvalue weighted by Gasteiger charge is -2.09. The van der Waals surface area contributed by atoms with Gasteiger partial charge in [0.2, 0.25) is 0 Å². The fourth-order valence-electron chi connectivity index (χ4n) is 1.84. The van der Waals surface area contributed by atoms with Crippen molar-refractivity contribution >= 4 is 29.0 Å². The zero-order valence-electron chi connectivity index (χ0n) is 12.0. The molecule has 1 amide bonds. The van der Waals surface area contributed by atoms with E-state index >= 15 is 0 Å². The number of thioether (sulfide) groups is 1. The summed E-state index contributed by atoms with van der Waals surface area (Å²) in [7, 11) is 1.67. The molecular weight excluding hydrogens is 302 g/mol. The topological polar surface area (TPSA) is 38.3 Å². The maximum Gasteiger partial charge on any atom is 0.252 e. The lowest BCUT2D eigenvalue weighted by Crippen LogP contribution is -2.25. The van der Waals surface area contributed by atoms with Gasteiger partial charge in [0.15, 0.2) is 0 Å². The number of rotatable bonds is 8. The zero-order chi connectivity index (χ0) is 14.9. The third kappa shape index (κ3) is 5.19. The first kappa shape index (κ1) is 16.1. The normalized spacial score (nSPS) is 10.5. The van der Waals surface area contributed by atoms with E-state index < -0.39 is 0 Å². The standard InChI is InChI=1S/C16H19NO2S2/c1-19-10-5-9-17-16(18)14-7-2-3-8-15(14)21-12-13-6-4-11-20-13/h2-4,6-8,11H,5,9-10,12H2,1H3,(H,17,18). The molecule has 0 saturated carbocycles. The monoisotopic (exact) mass is 321 g/mol. The molecule has 1 aromatic heterocycles. The molecule has 0 radical (unpaired) electrons. The van der Waals surface area contributed by atoms with Crippen molar-refractivity contribution in [3.8, 4) is 0 Å². The maximum absolute atomic E-state index is 12.2. The number of carbonyl (C=O) groups excluding carboxylic acids is 1. The van der Waals surface area contributed by atoms with Gasteiger partial charge in [0, 0.05) is 35.8 Å². The molecule has 0 aliphatic rings. The van der Waals surface area contributed by atoms with Gasteiger partial charge in [-0.25, -0.2) is 0 Å². The van der Waals surface area contributed by atoms with Gasteiger partial charge < -0.3 is 10.1 Å². The van der Waals surface area contributed by atoms with Crippen LogP contribution in [0.2, 0.25) is 0 Å². The lowest BCUT2D eigenvalue weighted by molar-refractivity contribution is 0.0945. The SMILES string of the molecule is COCCCNC(=O)c1ccccc1SCc1cccs1. The molecule has 0 bridgehead atoms. The van der Waals surface area contributed by atoms with E-state index in [2.05, 4.69) is 22.8 Å². The minimum atomic E-state index is -0.0135. The van der Waals surface area contributed by atoms with Crippen molar-refractivity contribution < 1.29 is 9.53 Å². The van der Waals surface area contributed by atoms with Crippen LogP contribution in [0.15, 0.2) is 46.7 Å². The van der Waals surface area contributed by atoms with Crippen molar-refractivity contribution in [1.29, 1.82) is 0 Å².